The normalized spacial score (nSPS) is 23.2. The number of halogens is 3. The molecule has 0 atom stereocenters. The molecule has 0 spiro atoms. The number of fused-ring (bicyclic) bond motifs is 1. The lowest BCUT2D eigenvalue weighted by molar-refractivity contribution is -0.137. The van der Waals surface area contributed by atoms with E-state index in [2.05, 4.69) is 20.4 Å². The van der Waals surface area contributed by atoms with Crippen LogP contribution in [0.4, 0.5) is 24.1 Å². The van der Waals surface area contributed by atoms with Crippen molar-refractivity contribution in [1.82, 2.24) is 19.6 Å². The molecule has 7 nitrogen and oxygen atoms in total. The largest absolute Gasteiger partial charge is 0.419 e. The monoisotopic (exact) mass is 412 g/mol. The second-order valence-electron chi connectivity index (χ2n) is 7.33. The van der Waals surface area contributed by atoms with E-state index in [0.717, 1.165) is 31.7 Å². The summed E-state index contributed by atoms with van der Waals surface area (Å²) < 4.78 is 40.6. The Kier molecular flexibility index (Phi) is 4.46. The molecule has 1 aliphatic carbocycles. The summed E-state index contributed by atoms with van der Waals surface area (Å²) in [5.41, 5.74) is 4.33. The van der Waals surface area contributed by atoms with Crippen LogP contribution >= 0.6 is 11.3 Å². The highest BCUT2D eigenvalue weighted by molar-refractivity contribution is 7.20. The molecule has 150 valence electrons. The number of nitrogen functional groups attached to an aromatic ring is 1. The molecule has 0 radical (unpaired) electrons. The van der Waals surface area contributed by atoms with E-state index >= 15 is 0 Å². The summed E-state index contributed by atoms with van der Waals surface area (Å²) >= 11 is 1.32. The van der Waals surface area contributed by atoms with Gasteiger partial charge in [0, 0.05) is 17.8 Å². The molecule has 3 aromatic rings. The van der Waals surface area contributed by atoms with E-state index in [0.29, 0.717) is 15.8 Å². The third-order valence-corrected chi connectivity index (χ3v) is 5.81. The van der Waals surface area contributed by atoms with Crippen LogP contribution in [-0.4, -0.2) is 36.3 Å². The third kappa shape index (κ3) is 3.76. The number of aromatic nitrogens is 4. The van der Waals surface area contributed by atoms with Gasteiger partial charge in [-0.15, -0.1) is 5.10 Å². The first-order valence-corrected chi connectivity index (χ1v) is 9.61. The van der Waals surface area contributed by atoms with Crippen molar-refractivity contribution in [3.63, 3.8) is 0 Å². The van der Waals surface area contributed by atoms with Crippen molar-refractivity contribution in [2.75, 3.05) is 11.1 Å². The molecule has 0 bridgehead atoms. The number of nitrogens with one attached hydrogen (secondary N) is 1. The van der Waals surface area contributed by atoms with Crippen molar-refractivity contribution in [1.29, 1.82) is 0 Å². The van der Waals surface area contributed by atoms with Crippen molar-refractivity contribution in [3.05, 3.63) is 24.0 Å². The van der Waals surface area contributed by atoms with E-state index < -0.39 is 23.2 Å². The van der Waals surface area contributed by atoms with Crippen LogP contribution in [0.3, 0.4) is 0 Å². The maximum Gasteiger partial charge on any atom is 0.419 e. The summed E-state index contributed by atoms with van der Waals surface area (Å²) in [6.07, 6.45) is 1.39. The zero-order chi connectivity index (χ0) is 20.1. The zero-order valence-corrected chi connectivity index (χ0v) is 15.8. The van der Waals surface area contributed by atoms with Crippen LogP contribution in [-0.2, 0) is 6.18 Å². The molecule has 3 aromatic heterocycles. The van der Waals surface area contributed by atoms with Crippen LogP contribution in [0, 0.1) is 0 Å². The minimum absolute atomic E-state index is 0.225. The van der Waals surface area contributed by atoms with Gasteiger partial charge in [-0.25, -0.2) is 14.5 Å². The predicted octanol–water partition coefficient (Wildman–Crippen LogP) is 3.56. The molecule has 11 heteroatoms. The van der Waals surface area contributed by atoms with Gasteiger partial charge < -0.3 is 16.2 Å². The Balaban J connectivity index is 1.53. The van der Waals surface area contributed by atoms with Gasteiger partial charge in [0.2, 0.25) is 10.1 Å². The Morgan fingerprint density at radius 1 is 1.36 bits per heavy atom. The van der Waals surface area contributed by atoms with Crippen LogP contribution in [0.2, 0.25) is 0 Å². The lowest BCUT2D eigenvalue weighted by atomic mass is 9.84. The summed E-state index contributed by atoms with van der Waals surface area (Å²) in [7, 11) is 0. The maximum atomic E-state index is 13.0. The highest BCUT2D eigenvalue weighted by Gasteiger charge is 2.34. The van der Waals surface area contributed by atoms with Crippen LogP contribution in [0.15, 0.2) is 18.5 Å². The maximum absolute atomic E-state index is 13.0. The average Bonchev–Trinajstić information content (AvgIpc) is 3.14. The molecule has 1 aliphatic rings. The SMILES string of the molecule is CC1(O)CCC(Nc2nn3cc(-c4cnc(N)c(C(F)(F)F)c4)nc3s2)CC1. The number of aliphatic hydroxyl groups is 1. The highest BCUT2D eigenvalue weighted by atomic mass is 32.1. The van der Waals surface area contributed by atoms with E-state index in [1.165, 1.54) is 22.0 Å². The number of rotatable bonds is 3. The summed E-state index contributed by atoms with van der Waals surface area (Å²) in [5, 5.41) is 18.5. The van der Waals surface area contributed by atoms with Gasteiger partial charge in [0.05, 0.1) is 23.1 Å². The smallest absolute Gasteiger partial charge is 0.390 e. The van der Waals surface area contributed by atoms with Gasteiger partial charge >= 0.3 is 6.18 Å². The van der Waals surface area contributed by atoms with Crippen LogP contribution < -0.4 is 11.1 Å². The summed E-state index contributed by atoms with van der Waals surface area (Å²) in [5.74, 6) is -0.562. The van der Waals surface area contributed by atoms with Gasteiger partial charge in [0.15, 0.2) is 0 Å². The van der Waals surface area contributed by atoms with Crippen molar-refractivity contribution < 1.29 is 18.3 Å². The van der Waals surface area contributed by atoms with Crippen LogP contribution in [0.25, 0.3) is 16.2 Å². The molecule has 1 fully saturated rings. The number of anilines is 2. The zero-order valence-electron chi connectivity index (χ0n) is 15.0. The standard InChI is InChI=1S/C17H19F3N6OS/c1-16(27)4-2-10(3-5-16)23-14-25-26-8-12(24-15(26)28-14)9-6-11(17(18,19)20)13(21)22-7-9/h6-8,10,27H,2-5H2,1H3,(H2,21,22)(H,23,25). The first kappa shape index (κ1) is 18.9. The Morgan fingerprint density at radius 3 is 2.71 bits per heavy atom. The fourth-order valence-corrected chi connectivity index (χ4v) is 4.16. The van der Waals surface area contributed by atoms with Gasteiger partial charge in [-0.05, 0) is 38.7 Å². The molecule has 3 heterocycles. The van der Waals surface area contributed by atoms with E-state index in [9.17, 15) is 18.3 Å². The van der Waals surface area contributed by atoms with E-state index in [4.69, 9.17) is 5.73 Å². The number of nitrogens with two attached hydrogens (primary N) is 1. The fourth-order valence-electron chi connectivity index (χ4n) is 3.30. The number of hydrogen-bond donors (Lipinski definition) is 3. The molecular weight excluding hydrogens is 393 g/mol. The van der Waals surface area contributed by atoms with Crippen molar-refractivity contribution in [3.8, 4) is 11.3 Å². The predicted molar refractivity (Wildman–Crippen MR) is 100 cm³/mol. The molecule has 0 amide bonds. The Hall–Kier alpha value is -2.40. The molecular formula is C17H19F3N6OS. The fraction of sp³-hybridized carbons (Fsp3) is 0.471. The minimum Gasteiger partial charge on any atom is -0.390 e. The summed E-state index contributed by atoms with van der Waals surface area (Å²) in [6, 6.07) is 1.17. The molecule has 0 unspecified atom stereocenters. The molecule has 0 saturated heterocycles. The Bertz CT molecular complexity index is 971. The van der Waals surface area contributed by atoms with Crippen LogP contribution in [0.1, 0.15) is 38.2 Å². The highest BCUT2D eigenvalue weighted by Crippen LogP contribution is 2.35. The molecule has 28 heavy (non-hydrogen) atoms. The number of nitrogens with zero attached hydrogens (tertiary/aromatic N) is 4. The van der Waals surface area contributed by atoms with E-state index in [1.54, 1.807) is 6.20 Å². The Labute approximate surface area is 162 Å². The van der Waals surface area contributed by atoms with E-state index in [1.807, 2.05) is 6.92 Å². The van der Waals surface area contributed by atoms with Gasteiger partial charge in [-0.2, -0.15) is 13.2 Å². The number of imidazole rings is 1. The van der Waals surface area contributed by atoms with Gasteiger partial charge in [0.25, 0.3) is 0 Å². The lowest BCUT2D eigenvalue weighted by Gasteiger charge is -2.33. The van der Waals surface area contributed by atoms with E-state index in [-0.39, 0.29) is 11.6 Å². The van der Waals surface area contributed by atoms with Crippen LogP contribution in [0.5, 0.6) is 0 Å². The average molecular weight is 412 g/mol. The van der Waals surface area contributed by atoms with Crippen molar-refractivity contribution >= 4 is 27.2 Å². The van der Waals surface area contributed by atoms with Gasteiger partial charge in [-0.3, -0.25) is 0 Å². The topological polar surface area (TPSA) is 101 Å². The molecule has 0 aliphatic heterocycles. The first-order chi connectivity index (χ1) is 13.1. The molecule has 4 rings (SSSR count). The lowest BCUT2D eigenvalue weighted by Crippen LogP contribution is -2.35. The van der Waals surface area contributed by atoms with Gasteiger partial charge in [0.1, 0.15) is 5.82 Å². The second-order valence-corrected chi connectivity index (χ2v) is 8.29. The van der Waals surface area contributed by atoms with Crippen molar-refractivity contribution in [2.45, 2.75) is 50.4 Å². The molecule has 4 N–H and O–H groups in total. The van der Waals surface area contributed by atoms with Gasteiger partial charge in [-0.1, -0.05) is 11.3 Å². The number of pyridine rings is 1. The first-order valence-electron chi connectivity index (χ1n) is 8.79. The number of alkyl halides is 3. The quantitative estimate of drug-likeness (QED) is 0.608. The summed E-state index contributed by atoms with van der Waals surface area (Å²) in [4.78, 5) is 8.57. The minimum atomic E-state index is -4.58. The van der Waals surface area contributed by atoms with Crippen molar-refractivity contribution in [2.24, 2.45) is 0 Å². The summed E-state index contributed by atoms with van der Waals surface area (Å²) in [6.45, 7) is 1.85. The third-order valence-electron chi connectivity index (χ3n) is 4.95. The molecule has 0 aromatic carbocycles. The Morgan fingerprint density at radius 2 is 2.07 bits per heavy atom. The second kappa shape index (κ2) is 6.59. The number of hydrogen-bond acceptors (Lipinski definition) is 7. The molecule has 1 saturated carbocycles.